The zero-order valence-electron chi connectivity index (χ0n) is 16.9. The first kappa shape index (κ1) is 20.1. The molecule has 6 nitrogen and oxygen atoms in total. The number of pyridine rings is 1. The van der Waals surface area contributed by atoms with E-state index in [1.165, 1.54) is 0 Å². The lowest BCUT2D eigenvalue weighted by molar-refractivity contribution is -0.126. The molecule has 1 aliphatic rings. The van der Waals surface area contributed by atoms with Crippen LogP contribution >= 0.6 is 11.3 Å². The minimum absolute atomic E-state index is 0.0144. The maximum atomic E-state index is 12.7. The maximum Gasteiger partial charge on any atom is 0.246 e. The number of benzene rings is 1. The van der Waals surface area contributed by atoms with Gasteiger partial charge >= 0.3 is 0 Å². The third-order valence-corrected chi connectivity index (χ3v) is 5.75. The smallest absolute Gasteiger partial charge is 0.246 e. The first-order chi connectivity index (χ1) is 14.7. The number of anilines is 1. The summed E-state index contributed by atoms with van der Waals surface area (Å²) in [7, 11) is 0. The Morgan fingerprint density at radius 2 is 1.93 bits per heavy atom. The van der Waals surface area contributed by atoms with E-state index in [-0.39, 0.29) is 5.91 Å². The molecule has 1 aromatic carbocycles. The Hall–Kier alpha value is -3.19. The molecule has 3 aromatic rings. The average Bonchev–Trinajstić information content (AvgIpc) is 3.22. The lowest BCUT2D eigenvalue weighted by Crippen LogP contribution is -2.48. The van der Waals surface area contributed by atoms with Crippen LogP contribution in [0.1, 0.15) is 16.3 Å². The van der Waals surface area contributed by atoms with Gasteiger partial charge in [-0.3, -0.25) is 4.79 Å². The number of hydrogen-bond donors (Lipinski definition) is 0. The van der Waals surface area contributed by atoms with Crippen LogP contribution in [0.15, 0.2) is 60.1 Å². The number of para-hydroxylation sites is 1. The Morgan fingerprint density at radius 3 is 2.67 bits per heavy atom. The molecule has 0 unspecified atom stereocenters. The third kappa shape index (κ3) is 5.04. The fourth-order valence-electron chi connectivity index (χ4n) is 3.34. The van der Waals surface area contributed by atoms with E-state index < -0.39 is 0 Å². The van der Waals surface area contributed by atoms with Gasteiger partial charge in [0.05, 0.1) is 10.7 Å². The fourth-order valence-corrected chi connectivity index (χ4v) is 3.94. The fraction of sp³-hybridized carbons (Fsp3) is 0.261. The molecule has 3 heterocycles. The van der Waals surface area contributed by atoms with Gasteiger partial charge in [0.2, 0.25) is 5.91 Å². The summed E-state index contributed by atoms with van der Waals surface area (Å²) in [5, 5.41) is 3.03. The van der Waals surface area contributed by atoms with E-state index in [1.54, 1.807) is 23.6 Å². The van der Waals surface area contributed by atoms with Gasteiger partial charge in [0, 0.05) is 49.4 Å². The molecule has 0 saturated carbocycles. The molecule has 0 N–H and O–H groups in total. The number of carbonyl (C=O) groups excluding carboxylic acids is 1. The Morgan fingerprint density at radius 1 is 1.13 bits per heavy atom. The van der Waals surface area contributed by atoms with Crippen molar-refractivity contribution in [2.24, 2.45) is 0 Å². The molecule has 2 aromatic heterocycles. The van der Waals surface area contributed by atoms with Crippen LogP contribution in [0.25, 0.3) is 6.08 Å². The second kappa shape index (κ2) is 9.54. The lowest BCUT2D eigenvalue weighted by atomic mass is 10.2. The molecule has 1 saturated heterocycles. The highest BCUT2D eigenvalue weighted by molar-refractivity contribution is 7.09. The van der Waals surface area contributed by atoms with Gasteiger partial charge in [0.15, 0.2) is 0 Å². The Balaban J connectivity index is 1.34. The molecule has 1 aliphatic heterocycles. The minimum Gasteiger partial charge on any atom is -0.487 e. The molecule has 1 fully saturated rings. The van der Waals surface area contributed by atoms with E-state index in [2.05, 4.69) is 14.9 Å². The molecule has 154 valence electrons. The first-order valence-corrected chi connectivity index (χ1v) is 10.8. The second-order valence-corrected chi connectivity index (χ2v) is 8.08. The number of carbonyl (C=O) groups is 1. The number of amides is 1. The van der Waals surface area contributed by atoms with Crippen molar-refractivity contribution in [2.75, 3.05) is 31.1 Å². The molecule has 0 spiro atoms. The standard InChI is InChI=1S/C23H24N4O2S/c1-18-25-20(17-30-18)16-29-21-7-3-2-6-19(21)9-10-23(28)27-14-12-26(13-15-27)22-8-4-5-11-24-22/h2-11,17H,12-16H2,1H3/b10-9+. The van der Waals surface area contributed by atoms with Crippen molar-refractivity contribution in [3.8, 4) is 5.75 Å². The van der Waals surface area contributed by atoms with Gasteiger partial charge in [-0.25, -0.2) is 9.97 Å². The summed E-state index contributed by atoms with van der Waals surface area (Å²) >= 11 is 1.61. The normalized spacial score (nSPS) is 14.3. The zero-order chi connectivity index (χ0) is 20.8. The number of aryl methyl sites for hydroxylation is 1. The van der Waals surface area contributed by atoms with Gasteiger partial charge in [-0.2, -0.15) is 0 Å². The summed E-state index contributed by atoms with van der Waals surface area (Å²) < 4.78 is 5.93. The van der Waals surface area contributed by atoms with Crippen molar-refractivity contribution in [2.45, 2.75) is 13.5 Å². The van der Waals surface area contributed by atoms with Crippen LogP contribution in [-0.2, 0) is 11.4 Å². The molecular formula is C23H24N4O2S. The van der Waals surface area contributed by atoms with E-state index >= 15 is 0 Å². The summed E-state index contributed by atoms with van der Waals surface area (Å²) in [6, 6.07) is 13.6. The van der Waals surface area contributed by atoms with E-state index in [0.29, 0.717) is 19.7 Å². The number of piperazine rings is 1. The number of ether oxygens (including phenoxy) is 1. The quantitative estimate of drug-likeness (QED) is 0.568. The van der Waals surface area contributed by atoms with Crippen LogP contribution in [0.4, 0.5) is 5.82 Å². The van der Waals surface area contributed by atoms with Crippen molar-refractivity contribution in [1.82, 2.24) is 14.9 Å². The average molecular weight is 421 g/mol. The van der Waals surface area contributed by atoms with Crippen molar-refractivity contribution in [1.29, 1.82) is 0 Å². The van der Waals surface area contributed by atoms with Crippen molar-refractivity contribution < 1.29 is 9.53 Å². The third-order valence-electron chi connectivity index (χ3n) is 4.93. The van der Waals surface area contributed by atoms with Crippen LogP contribution in [0, 0.1) is 6.92 Å². The first-order valence-electron chi connectivity index (χ1n) is 9.95. The molecule has 4 rings (SSSR count). The summed E-state index contributed by atoms with van der Waals surface area (Å²) in [5.41, 5.74) is 1.79. The van der Waals surface area contributed by atoms with E-state index in [4.69, 9.17) is 4.74 Å². The summed E-state index contributed by atoms with van der Waals surface area (Å²) in [6.07, 6.45) is 5.26. The van der Waals surface area contributed by atoms with Gasteiger partial charge in [-0.1, -0.05) is 24.3 Å². The van der Waals surface area contributed by atoms with Gasteiger partial charge in [0.1, 0.15) is 18.2 Å². The van der Waals surface area contributed by atoms with Crippen LogP contribution in [0.2, 0.25) is 0 Å². The monoisotopic (exact) mass is 420 g/mol. The molecule has 0 radical (unpaired) electrons. The number of rotatable bonds is 6. The second-order valence-electron chi connectivity index (χ2n) is 7.02. The maximum absolute atomic E-state index is 12.7. The molecule has 0 bridgehead atoms. The van der Waals surface area contributed by atoms with Gasteiger partial charge in [-0.15, -0.1) is 11.3 Å². The van der Waals surface area contributed by atoms with Crippen LogP contribution in [0.5, 0.6) is 5.75 Å². The molecule has 7 heteroatoms. The largest absolute Gasteiger partial charge is 0.487 e. The topological polar surface area (TPSA) is 58.6 Å². The molecular weight excluding hydrogens is 396 g/mol. The minimum atomic E-state index is 0.0144. The number of thiazole rings is 1. The van der Waals surface area contributed by atoms with Crippen molar-refractivity contribution >= 4 is 29.1 Å². The number of aromatic nitrogens is 2. The van der Waals surface area contributed by atoms with Gasteiger partial charge < -0.3 is 14.5 Å². The number of nitrogens with zero attached hydrogens (tertiary/aromatic N) is 4. The summed E-state index contributed by atoms with van der Waals surface area (Å²) in [5.74, 6) is 1.72. The highest BCUT2D eigenvalue weighted by Crippen LogP contribution is 2.21. The van der Waals surface area contributed by atoms with Crippen molar-refractivity contribution in [3.63, 3.8) is 0 Å². The van der Waals surface area contributed by atoms with E-state index in [9.17, 15) is 4.79 Å². The lowest BCUT2D eigenvalue weighted by Gasteiger charge is -2.34. The number of hydrogen-bond acceptors (Lipinski definition) is 6. The highest BCUT2D eigenvalue weighted by atomic mass is 32.1. The predicted octanol–water partition coefficient (Wildman–Crippen LogP) is 3.79. The van der Waals surface area contributed by atoms with Crippen LogP contribution in [-0.4, -0.2) is 47.0 Å². The molecule has 1 amide bonds. The van der Waals surface area contributed by atoms with Crippen LogP contribution in [0.3, 0.4) is 0 Å². The Labute approximate surface area is 180 Å². The Kier molecular flexibility index (Phi) is 6.39. The van der Waals surface area contributed by atoms with E-state index in [1.807, 2.05) is 65.7 Å². The molecule has 30 heavy (non-hydrogen) atoms. The predicted molar refractivity (Wildman–Crippen MR) is 120 cm³/mol. The van der Waals surface area contributed by atoms with E-state index in [0.717, 1.165) is 40.9 Å². The zero-order valence-corrected chi connectivity index (χ0v) is 17.7. The summed E-state index contributed by atoms with van der Waals surface area (Å²) in [6.45, 7) is 5.32. The highest BCUT2D eigenvalue weighted by Gasteiger charge is 2.20. The Bertz CT molecular complexity index is 1010. The van der Waals surface area contributed by atoms with Gasteiger partial charge in [-0.05, 0) is 31.2 Å². The molecule has 0 aliphatic carbocycles. The van der Waals surface area contributed by atoms with Gasteiger partial charge in [0.25, 0.3) is 0 Å². The molecule has 0 atom stereocenters. The SMILES string of the molecule is Cc1nc(COc2ccccc2/C=C/C(=O)N2CCN(c3ccccn3)CC2)cs1. The van der Waals surface area contributed by atoms with Crippen molar-refractivity contribution in [3.05, 3.63) is 76.4 Å². The van der Waals surface area contributed by atoms with Crippen LogP contribution < -0.4 is 9.64 Å². The summed E-state index contributed by atoms with van der Waals surface area (Å²) in [4.78, 5) is 25.6.